The molecule has 29 heavy (non-hydrogen) atoms. The normalized spacial score (nSPS) is 17.4. The second kappa shape index (κ2) is 10.4. The number of amides is 1. The van der Waals surface area contributed by atoms with Crippen molar-refractivity contribution in [2.24, 2.45) is 5.92 Å². The molecule has 1 fully saturated rings. The van der Waals surface area contributed by atoms with Gasteiger partial charge in [0.15, 0.2) is 0 Å². The van der Waals surface area contributed by atoms with Crippen LogP contribution in [0, 0.1) is 5.92 Å². The van der Waals surface area contributed by atoms with Gasteiger partial charge in [0.25, 0.3) is 0 Å². The number of hydrogen-bond donors (Lipinski definition) is 1. The van der Waals surface area contributed by atoms with Gasteiger partial charge in [-0.25, -0.2) is 0 Å². The number of nitrogens with zero attached hydrogens (tertiary/aromatic N) is 2. The van der Waals surface area contributed by atoms with Gasteiger partial charge >= 0.3 is 0 Å². The van der Waals surface area contributed by atoms with Crippen molar-refractivity contribution >= 4 is 5.91 Å². The third kappa shape index (κ3) is 6.58. The molecule has 2 aromatic rings. The molecule has 5 heteroatoms. The van der Waals surface area contributed by atoms with E-state index in [2.05, 4.69) is 18.7 Å². The molecule has 0 radical (unpaired) electrons. The molecular formula is C24H32N2O3. The van der Waals surface area contributed by atoms with Crippen LogP contribution in [0.25, 0.3) is 0 Å². The summed E-state index contributed by atoms with van der Waals surface area (Å²) in [7, 11) is 0. The summed E-state index contributed by atoms with van der Waals surface area (Å²) in [6.07, 6.45) is 0.398. The van der Waals surface area contributed by atoms with Gasteiger partial charge in [-0.3, -0.25) is 9.69 Å². The van der Waals surface area contributed by atoms with E-state index in [1.807, 2.05) is 53.4 Å². The first-order valence-corrected chi connectivity index (χ1v) is 10.4. The van der Waals surface area contributed by atoms with Crippen LogP contribution in [-0.2, 0) is 22.5 Å². The Bertz CT molecular complexity index is 779. The Kier molecular flexibility index (Phi) is 7.67. The maximum Gasteiger partial charge on any atom is 0.227 e. The Labute approximate surface area is 173 Å². The first kappa shape index (κ1) is 21.3. The van der Waals surface area contributed by atoms with Gasteiger partial charge in [0, 0.05) is 38.3 Å². The first-order valence-electron chi connectivity index (χ1n) is 10.4. The summed E-state index contributed by atoms with van der Waals surface area (Å²) < 4.78 is 5.99. The summed E-state index contributed by atoms with van der Waals surface area (Å²) in [6, 6.07) is 17.4. The Morgan fingerprint density at radius 2 is 1.90 bits per heavy atom. The molecule has 1 amide bonds. The fraction of sp³-hybridized carbons (Fsp3) is 0.458. The lowest BCUT2D eigenvalue weighted by Crippen LogP contribution is -2.49. The minimum atomic E-state index is -0.0203. The van der Waals surface area contributed by atoms with E-state index >= 15 is 0 Å². The molecule has 0 spiro atoms. The molecule has 1 N–H and O–H groups in total. The van der Waals surface area contributed by atoms with Crippen molar-refractivity contribution in [3.8, 4) is 5.75 Å². The lowest BCUT2D eigenvalue weighted by Gasteiger charge is -2.36. The van der Waals surface area contributed by atoms with E-state index in [4.69, 9.17) is 4.74 Å². The zero-order valence-electron chi connectivity index (χ0n) is 17.5. The van der Waals surface area contributed by atoms with E-state index in [-0.39, 0.29) is 12.0 Å². The molecule has 156 valence electrons. The number of rotatable bonds is 8. The van der Waals surface area contributed by atoms with Gasteiger partial charge in [-0.05, 0) is 17.5 Å². The third-order valence-electron chi connectivity index (χ3n) is 5.17. The van der Waals surface area contributed by atoms with Crippen LogP contribution >= 0.6 is 0 Å². The van der Waals surface area contributed by atoms with Gasteiger partial charge in [-0.15, -0.1) is 0 Å². The molecule has 1 aliphatic rings. The van der Waals surface area contributed by atoms with Crippen molar-refractivity contribution in [3.05, 3.63) is 65.7 Å². The number of morpholine rings is 1. The van der Waals surface area contributed by atoms with Gasteiger partial charge in [-0.1, -0.05) is 62.4 Å². The summed E-state index contributed by atoms with van der Waals surface area (Å²) in [6.45, 7) is 8.50. The van der Waals surface area contributed by atoms with E-state index in [0.29, 0.717) is 37.8 Å². The predicted octanol–water partition coefficient (Wildman–Crippen LogP) is 3.32. The zero-order chi connectivity index (χ0) is 20.6. The predicted molar refractivity (Wildman–Crippen MR) is 115 cm³/mol. The molecule has 0 aliphatic carbocycles. The number of carbonyl (C=O) groups is 1. The summed E-state index contributed by atoms with van der Waals surface area (Å²) in [5.41, 5.74) is 1.96. The molecule has 5 nitrogen and oxygen atoms in total. The average molecular weight is 397 g/mol. The van der Waals surface area contributed by atoms with E-state index in [0.717, 1.165) is 30.8 Å². The smallest absolute Gasteiger partial charge is 0.227 e. The first-order chi connectivity index (χ1) is 14.0. The van der Waals surface area contributed by atoms with Crippen LogP contribution in [0.2, 0.25) is 0 Å². The van der Waals surface area contributed by atoms with Crippen molar-refractivity contribution in [1.29, 1.82) is 0 Å². The van der Waals surface area contributed by atoms with Crippen LogP contribution < -0.4 is 0 Å². The molecule has 1 aliphatic heterocycles. The van der Waals surface area contributed by atoms with Gasteiger partial charge in [-0.2, -0.15) is 0 Å². The number of ether oxygens (including phenoxy) is 1. The Hall–Kier alpha value is -2.37. The van der Waals surface area contributed by atoms with E-state index in [1.54, 1.807) is 6.07 Å². The minimum absolute atomic E-state index is 0.0203. The quantitative estimate of drug-likeness (QED) is 0.744. The van der Waals surface area contributed by atoms with E-state index < -0.39 is 0 Å². The lowest BCUT2D eigenvalue weighted by molar-refractivity contribution is -0.134. The average Bonchev–Trinajstić information content (AvgIpc) is 2.70. The highest BCUT2D eigenvalue weighted by Gasteiger charge is 2.26. The monoisotopic (exact) mass is 396 g/mol. The van der Waals surface area contributed by atoms with Crippen LogP contribution in [0.3, 0.4) is 0 Å². The molecule has 0 saturated carbocycles. The van der Waals surface area contributed by atoms with Gasteiger partial charge < -0.3 is 14.7 Å². The van der Waals surface area contributed by atoms with Crippen LogP contribution in [0.4, 0.5) is 0 Å². The number of benzene rings is 2. The molecule has 1 atom stereocenters. The molecular weight excluding hydrogens is 364 g/mol. The van der Waals surface area contributed by atoms with Crippen molar-refractivity contribution in [1.82, 2.24) is 9.80 Å². The molecule has 1 unspecified atom stereocenters. The Balaban J connectivity index is 1.60. The Morgan fingerprint density at radius 3 is 2.62 bits per heavy atom. The highest BCUT2D eigenvalue weighted by Crippen LogP contribution is 2.19. The lowest BCUT2D eigenvalue weighted by atomic mass is 10.1. The maximum atomic E-state index is 13.0. The molecule has 0 aromatic heterocycles. The molecule has 1 saturated heterocycles. The summed E-state index contributed by atoms with van der Waals surface area (Å²) in [5, 5.41) is 10.1. The van der Waals surface area contributed by atoms with E-state index in [9.17, 15) is 9.90 Å². The fourth-order valence-electron chi connectivity index (χ4n) is 3.77. The number of carbonyl (C=O) groups excluding carboxylic acids is 1. The van der Waals surface area contributed by atoms with Crippen molar-refractivity contribution in [3.63, 3.8) is 0 Å². The third-order valence-corrected chi connectivity index (χ3v) is 5.17. The van der Waals surface area contributed by atoms with Crippen LogP contribution in [0.5, 0.6) is 5.75 Å². The second-order valence-electron chi connectivity index (χ2n) is 8.21. The number of hydrogen-bond acceptors (Lipinski definition) is 4. The maximum absolute atomic E-state index is 13.0. The van der Waals surface area contributed by atoms with Crippen LogP contribution in [0.15, 0.2) is 54.6 Å². The fourth-order valence-corrected chi connectivity index (χ4v) is 3.77. The van der Waals surface area contributed by atoms with Gasteiger partial charge in [0.1, 0.15) is 5.75 Å². The molecule has 1 heterocycles. The molecule has 0 bridgehead atoms. The zero-order valence-corrected chi connectivity index (χ0v) is 17.5. The second-order valence-corrected chi connectivity index (χ2v) is 8.21. The van der Waals surface area contributed by atoms with Crippen molar-refractivity contribution < 1.29 is 14.6 Å². The highest BCUT2D eigenvalue weighted by atomic mass is 16.5. The number of para-hydroxylation sites is 1. The van der Waals surface area contributed by atoms with E-state index in [1.165, 1.54) is 0 Å². The van der Waals surface area contributed by atoms with Crippen molar-refractivity contribution in [2.45, 2.75) is 32.9 Å². The number of phenols is 1. The van der Waals surface area contributed by atoms with Gasteiger partial charge in [0.2, 0.25) is 5.91 Å². The van der Waals surface area contributed by atoms with Crippen LogP contribution in [-0.4, -0.2) is 59.7 Å². The summed E-state index contributed by atoms with van der Waals surface area (Å²) in [4.78, 5) is 17.2. The topological polar surface area (TPSA) is 53.0 Å². The Morgan fingerprint density at radius 1 is 1.17 bits per heavy atom. The van der Waals surface area contributed by atoms with Crippen molar-refractivity contribution in [2.75, 3.05) is 32.8 Å². The van der Waals surface area contributed by atoms with Crippen LogP contribution in [0.1, 0.15) is 25.0 Å². The molecule has 3 rings (SSSR count). The summed E-state index contributed by atoms with van der Waals surface area (Å²) >= 11 is 0. The highest BCUT2D eigenvalue weighted by molar-refractivity contribution is 5.78. The standard InChI is InChI=1S/C24H32N2O3/c1-19(2)15-26(24(28)14-20-8-4-3-5-9-20)18-22-17-25(12-13-29-22)16-21-10-6-7-11-23(21)27/h3-11,19,22,27H,12-18H2,1-2H3. The summed E-state index contributed by atoms with van der Waals surface area (Å²) in [5.74, 6) is 0.872. The largest absolute Gasteiger partial charge is 0.508 e. The SMILES string of the molecule is CC(C)CN(CC1CN(Cc2ccccc2O)CCO1)C(=O)Cc1ccccc1. The van der Waals surface area contributed by atoms with Gasteiger partial charge in [0.05, 0.1) is 19.1 Å². The number of phenolic OH excluding ortho intramolecular Hbond substituents is 1. The molecule has 2 aromatic carbocycles. The number of aromatic hydroxyl groups is 1. The minimum Gasteiger partial charge on any atom is -0.508 e.